The van der Waals surface area contributed by atoms with Gasteiger partial charge in [0.1, 0.15) is 5.75 Å². The highest BCUT2D eigenvalue weighted by molar-refractivity contribution is 6.30. The third-order valence-corrected chi connectivity index (χ3v) is 3.12. The zero-order valence-electron chi connectivity index (χ0n) is 10.3. The summed E-state index contributed by atoms with van der Waals surface area (Å²) in [5.74, 6) is -1.50. The Balaban J connectivity index is 2.41. The van der Waals surface area contributed by atoms with Crippen molar-refractivity contribution in [2.45, 2.75) is 25.5 Å². The van der Waals surface area contributed by atoms with Gasteiger partial charge in [0.2, 0.25) is 5.72 Å². The molecule has 8 heteroatoms. The van der Waals surface area contributed by atoms with E-state index in [4.69, 9.17) is 11.6 Å². The average molecular weight is 305 g/mol. The van der Waals surface area contributed by atoms with Crippen LogP contribution in [0.4, 0.5) is 8.78 Å². The highest BCUT2D eigenvalue weighted by Gasteiger charge is 2.51. The highest BCUT2D eigenvalue weighted by atomic mass is 35.5. The van der Waals surface area contributed by atoms with Gasteiger partial charge in [-0.15, -0.1) is 0 Å². The van der Waals surface area contributed by atoms with E-state index in [1.165, 1.54) is 19.1 Å². The highest BCUT2D eigenvalue weighted by Crippen LogP contribution is 2.34. The third kappa shape index (κ3) is 2.34. The van der Waals surface area contributed by atoms with Crippen LogP contribution < -0.4 is 0 Å². The number of benzene rings is 1. The Morgan fingerprint density at radius 1 is 1.55 bits per heavy atom. The van der Waals surface area contributed by atoms with E-state index in [1.54, 1.807) is 0 Å². The lowest BCUT2D eigenvalue weighted by atomic mass is 10.1. The summed E-state index contributed by atoms with van der Waals surface area (Å²) in [5, 5.41) is 23.7. The predicted octanol–water partition coefficient (Wildman–Crippen LogP) is 2.22. The molecule has 0 fully saturated rings. The molecule has 5 nitrogen and oxygen atoms in total. The van der Waals surface area contributed by atoms with Crippen molar-refractivity contribution in [3.05, 3.63) is 28.8 Å². The van der Waals surface area contributed by atoms with Gasteiger partial charge in [0.05, 0.1) is 5.56 Å². The predicted molar refractivity (Wildman–Crippen MR) is 68.0 cm³/mol. The zero-order valence-corrected chi connectivity index (χ0v) is 11.1. The van der Waals surface area contributed by atoms with Crippen LogP contribution in [0.5, 0.6) is 5.75 Å². The molecule has 0 saturated heterocycles. The molecule has 1 atom stereocenters. The SMILES string of the molecule is CC1=NN(C(=O)c2ccc(Cl)cc2O)[C@](O)(C(F)F)C1. The van der Waals surface area contributed by atoms with Gasteiger partial charge >= 0.3 is 0 Å². The Morgan fingerprint density at radius 3 is 2.75 bits per heavy atom. The summed E-state index contributed by atoms with van der Waals surface area (Å²) in [6.45, 7) is 1.42. The second kappa shape index (κ2) is 4.99. The van der Waals surface area contributed by atoms with Crippen molar-refractivity contribution in [3.63, 3.8) is 0 Å². The number of amides is 1. The summed E-state index contributed by atoms with van der Waals surface area (Å²) in [5.41, 5.74) is -2.78. The number of phenols is 1. The fraction of sp³-hybridized carbons (Fsp3) is 0.333. The molecule has 2 rings (SSSR count). The van der Waals surface area contributed by atoms with Gasteiger partial charge in [0, 0.05) is 17.2 Å². The van der Waals surface area contributed by atoms with Crippen molar-refractivity contribution in [1.82, 2.24) is 5.01 Å². The molecule has 0 spiro atoms. The maximum Gasteiger partial charge on any atom is 0.287 e. The molecule has 1 aromatic carbocycles. The molecular formula is C12H11ClF2N2O3. The standard InChI is InChI=1S/C12H11ClF2N2O3/c1-6-5-12(20,11(14)15)17(16-6)10(19)8-3-2-7(13)4-9(8)18/h2-4,11,18,20H,5H2,1H3/t12-/m1/s1. The van der Waals surface area contributed by atoms with Gasteiger partial charge in [-0.3, -0.25) is 4.79 Å². The van der Waals surface area contributed by atoms with E-state index < -0.39 is 30.2 Å². The van der Waals surface area contributed by atoms with Crippen molar-refractivity contribution < 1.29 is 23.8 Å². The number of halogens is 3. The minimum atomic E-state index is -3.19. The van der Waals surface area contributed by atoms with Gasteiger partial charge in [0.25, 0.3) is 12.3 Å². The van der Waals surface area contributed by atoms with E-state index in [0.717, 1.165) is 6.07 Å². The minimum absolute atomic E-state index is 0.185. The number of aliphatic hydroxyl groups is 1. The van der Waals surface area contributed by atoms with Gasteiger partial charge < -0.3 is 10.2 Å². The fourth-order valence-corrected chi connectivity index (χ4v) is 2.10. The Hall–Kier alpha value is -1.73. The summed E-state index contributed by atoms with van der Waals surface area (Å²) < 4.78 is 26.0. The zero-order chi connectivity index (χ0) is 15.1. The number of carbonyl (C=O) groups excluding carboxylic acids is 1. The van der Waals surface area contributed by atoms with Crippen LogP contribution in [0.3, 0.4) is 0 Å². The second-order valence-electron chi connectivity index (χ2n) is 4.47. The van der Waals surface area contributed by atoms with Crippen LogP contribution in [-0.4, -0.2) is 39.0 Å². The molecule has 0 bridgehead atoms. The van der Waals surface area contributed by atoms with E-state index in [0.29, 0.717) is 5.01 Å². The smallest absolute Gasteiger partial charge is 0.287 e. The van der Waals surface area contributed by atoms with Crippen molar-refractivity contribution in [1.29, 1.82) is 0 Å². The van der Waals surface area contributed by atoms with Crippen molar-refractivity contribution >= 4 is 23.2 Å². The lowest BCUT2D eigenvalue weighted by Gasteiger charge is -2.30. The average Bonchev–Trinajstić information content (AvgIpc) is 2.65. The van der Waals surface area contributed by atoms with Gasteiger partial charge in [-0.2, -0.15) is 10.1 Å². The van der Waals surface area contributed by atoms with Crippen molar-refractivity contribution in [2.75, 3.05) is 0 Å². The quantitative estimate of drug-likeness (QED) is 0.880. The lowest BCUT2D eigenvalue weighted by molar-refractivity contribution is -0.164. The topological polar surface area (TPSA) is 73.1 Å². The van der Waals surface area contributed by atoms with Gasteiger partial charge in [0.15, 0.2) is 0 Å². The number of rotatable bonds is 2. The van der Waals surface area contributed by atoms with Crippen molar-refractivity contribution in [2.24, 2.45) is 5.10 Å². The summed E-state index contributed by atoms with van der Waals surface area (Å²) >= 11 is 5.63. The fourth-order valence-electron chi connectivity index (χ4n) is 1.93. The second-order valence-corrected chi connectivity index (χ2v) is 4.91. The number of hydrazone groups is 1. The molecule has 1 aromatic rings. The van der Waals surface area contributed by atoms with E-state index in [-0.39, 0.29) is 16.3 Å². The third-order valence-electron chi connectivity index (χ3n) is 2.89. The first-order valence-electron chi connectivity index (χ1n) is 5.63. The monoisotopic (exact) mass is 304 g/mol. The molecule has 0 aromatic heterocycles. The Morgan fingerprint density at radius 2 is 2.20 bits per heavy atom. The molecule has 0 unspecified atom stereocenters. The number of alkyl halides is 2. The summed E-state index contributed by atoms with van der Waals surface area (Å²) in [4.78, 5) is 12.2. The van der Waals surface area contributed by atoms with Crippen LogP contribution in [0, 0.1) is 0 Å². The molecule has 108 valence electrons. The normalized spacial score (nSPS) is 22.3. The Bertz CT molecular complexity index is 594. The van der Waals surface area contributed by atoms with Crippen molar-refractivity contribution in [3.8, 4) is 5.75 Å². The minimum Gasteiger partial charge on any atom is -0.507 e. The van der Waals surface area contributed by atoms with E-state index in [9.17, 15) is 23.8 Å². The first-order chi connectivity index (χ1) is 9.25. The molecule has 2 N–H and O–H groups in total. The Kier molecular flexibility index (Phi) is 3.66. The van der Waals surface area contributed by atoms with Crippen LogP contribution in [-0.2, 0) is 0 Å². The number of nitrogens with zero attached hydrogens (tertiary/aromatic N) is 2. The van der Waals surface area contributed by atoms with E-state index in [2.05, 4.69) is 5.10 Å². The summed E-state index contributed by atoms with van der Waals surface area (Å²) in [6, 6.07) is 3.60. The largest absolute Gasteiger partial charge is 0.507 e. The first-order valence-corrected chi connectivity index (χ1v) is 6.01. The molecule has 20 heavy (non-hydrogen) atoms. The summed E-state index contributed by atoms with van der Waals surface area (Å²) in [7, 11) is 0. The first kappa shape index (κ1) is 14.7. The molecule has 1 heterocycles. The number of phenolic OH excluding ortho intramolecular Hbond substituents is 1. The summed E-state index contributed by atoms with van der Waals surface area (Å²) in [6.07, 6.45) is -3.65. The van der Waals surface area contributed by atoms with Crippen LogP contribution >= 0.6 is 11.6 Å². The number of hydrogen-bond acceptors (Lipinski definition) is 4. The van der Waals surface area contributed by atoms with E-state index in [1.807, 2.05) is 0 Å². The van der Waals surface area contributed by atoms with Crippen LogP contribution in [0.25, 0.3) is 0 Å². The van der Waals surface area contributed by atoms with Crippen LogP contribution in [0.15, 0.2) is 23.3 Å². The lowest BCUT2D eigenvalue weighted by Crippen LogP contribution is -2.51. The van der Waals surface area contributed by atoms with Crippen LogP contribution in [0.2, 0.25) is 5.02 Å². The maximum absolute atomic E-state index is 13.0. The molecule has 0 aliphatic carbocycles. The molecule has 1 amide bonds. The molecular weight excluding hydrogens is 294 g/mol. The maximum atomic E-state index is 13.0. The number of carbonyl (C=O) groups is 1. The van der Waals surface area contributed by atoms with E-state index >= 15 is 0 Å². The van der Waals surface area contributed by atoms with Gasteiger partial charge in [-0.25, -0.2) is 8.78 Å². The molecule has 0 radical (unpaired) electrons. The Labute approximate surface area is 118 Å². The molecule has 1 aliphatic heterocycles. The van der Waals surface area contributed by atoms with Crippen LogP contribution in [0.1, 0.15) is 23.7 Å². The number of hydrogen-bond donors (Lipinski definition) is 2. The van der Waals surface area contributed by atoms with Gasteiger partial charge in [-0.05, 0) is 25.1 Å². The number of aromatic hydroxyl groups is 1. The molecule has 0 saturated carbocycles. The molecule has 1 aliphatic rings. The van der Waals surface area contributed by atoms with Gasteiger partial charge in [-0.1, -0.05) is 11.6 Å².